The number of carbonyl (C=O) groups excluding carboxylic acids is 3. The van der Waals surface area contributed by atoms with Gasteiger partial charge in [0.2, 0.25) is 11.8 Å². The maximum absolute atomic E-state index is 12.5. The van der Waals surface area contributed by atoms with Crippen LogP contribution in [0.1, 0.15) is 36.5 Å². The lowest BCUT2D eigenvalue weighted by Crippen LogP contribution is -2.29. The van der Waals surface area contributed by atoms with Crippen LogP contribution in [0.25, 0.3) is 0 Å². The summed E-state index contributed by atoms with van der Waals surface area (Å²) in [7, 11) is 0. The van der Waals surface area contributed by atoms with Crippen molar-refractivity contribution in [2.24, 2.45) is 5.92 Å². The Labute approximate surface area is 175 Å². The maximum Gasteiger partial charge on any atom is 0.255 e. The van der Waals surface area contributed by atoms with Gasteiger partial charge < -0.3 is 15.5 Å². The molecule has 1 unspecified atom stereocenters. The standard InChI is InChI=1S/C22H24ClN3O3/c1-2-3-11-26-14-16(12-20(26)27)22(29)24-18-9-7-15(8-10-18)21(28)25-19-6-4-5-17(23)13-19/h4-10,13,16H,2-3,11-12,14H2,1H3,(H,24,29)(H,25,28). The van der Waals surface area contributed by atoms with Crippen molar-refractivity contribution < 1.29 is 14.4 Å². The molecule has 1 fully saturated rings. The number of nitrogens with zero attached hydrogens (tertiary/aromatic N) is 1. The second kappa shape index (κ2) is 9.56. The highest BCUT2D eigenvalue weighted by Gasteiger charge is 2.33. The van der Waals surface area contributed by atoms with Gasteiger partial charge in [0.05, 0.1) is 5.92 Å². The van der Waals surface area contributed by atoms with Gasteiger partial charge in [0.15, 0.2) is 0 Å². The second-order valence-corrected chi connectivity index (χ2v) is 7.56. The molecule has 2 N–H and O–H groups in total. The van der Waals surface area contributed by atoms with Crippen molar-refractivity contribution >= 4 is 40.7 Å². The number of halogens is 1. The molecule has 1 aliphatic rings. The van der Waals surface area contributed by atoms with E-state index in [9.17, 15) is 14.4 Å². The lowest BCUT2D eigenvalue weighted by atomic mass is 10.1. The Morgan fingerprint density at radius 1 is 1.10 bits per heavy atom. The van der Waals surface area contributed by atoms with Crippen molar-refractivity contribution in [3.63, 3.8) is 0 Å². The number of carbonyl (C=O) groups is 3. The molecule has 1 atom stereocenters. The van der Waals surface area contributed by atoms with Gasteiger partial charge in [-0.15, -0.1) is 0 Å². The van der Waals surface area contributed by atoms with E-state index in [0.29, 0.717) is 35.1 Å². The highest BCUT2D eigenvalue weighted by atomic mass is 35.5. The molecule has 0 aromatic heterocycles. The maximum atomic E-state index is 12.5. The lowest BCUT2D eigenvalue weighted by molar-refractivity contribution is -0.128. The normalized spacial score (nSPS) is 16.0. The lowest BCUT2D eigenvalue weighted by Gasteiger charge is -2.16. The second-order valence-electron chi connectivity index (χ2n) is 7.13. The quantitative estimate of drug-likeness (QED) is 0.714. The molecule has 2 aromatic rings. The number of anilines is 2. The minimum Gasteiger partial charge on any atom is -0.342 e. The van der Waals surface area contributed by atoms with Crippen LogP contribution in [0.15, 0.2) is 48.5 Å². The molecule has 1 heterocycles. The Balaban J connectivity index is 1.55. The number of hydrogen-bond donors (Lipinski definition) is 2. The number of amides is 3. The fraction of sp³-hybridized carbons (Fsp3) is 0.318. The molecule has 3 amide bonds. The van der Waals surface area contributed by atoms with E-state index < -0.39 is 0 Å². The van der Waals surface area contributed by atoms with Crippen molar-refractivity contribution in [2.75, 3.05) is 23.7 Å². The van der Waals surface area contributed by atoms with E-state index in [4.69, 9.17) is 11.6 Å². The topological polar surface area (TPSA) is 78.5 Å². The van der Waals surface area contributed by atoms with E-state index in [1.165, 1.54) is 0 Å². The molecule has 7 heteroatoms. The predicted octanol–water partition coefficient (Wildman–Crippen LogP) is 4.18. The smallest absolute Gasteiger partial charge is 0.255 e. The largest absolute Gasteiger partial charge is 0.342 e. The van der Waals surface area contributed by atoms with Gasteiger partial charge in [-0.1, -0.05) is 31.0 Å². The molecular formula is C22H24ClN3O3. The van der Waals surface area contributed by atoms with E-state index in [0.717, 1.165) is 12.8 Å². The number of likely N-dealkylation sites (tertiary alicyclic amines) is 1. The molecule has 1 saturated heterocycles. The summed E-state index contributed by atoms with van der Waals surface area (Å²) in [5.41, 5.74) is 1.66. The summed E-state index contributed by atoms with van der Waals surface area (Å²) < 4.78 is 0. The van der Waals surface area contributed by atoms with Crippen molar-refractivity contribution in [1.29, 1.82) is 0 Å². The molecule has 2 aromatic carbocycles. The Hall–Kier alpha value is -2.86. The van der Waals surface area contributed by atoms with Gasteiger partial charge in [0, 0.05) is 41.5 Å². The van der Waals surface area contributed by atoms with Gasteiger partial charge >= 0.3 is 0 Å². The summed E-state index contributed by atoms with van der Waals surface area (Å²) in [5.74, 6) is -0.747. The van der Waals surface area contributed by atoms with E-state index in [-0.39, 0.29) is 30.1 Å². The fourth-order valence-electron chi connectivity index (χ4n) is 3.23. The molecule has 0 bridgehead atoms. The van der Waals surface area contributed by atoms with Crippen molar-refractivity contribution in [2.45, 2.75) is 26.2 Å². The Morgan fingerprint density at radius 2 is 1.86 bits per heavy atom. The minimum absolute atomic E-state index is 0.0339. The molecule has 29 heavy (non-hydrogen) atoms. The van der Waals surface area contributed by atoms with Crippen LogP contribution in [0.5, 0.6) is 0 Å². The summed E-state index contributed by atoms with van der Waals surface area (Å²) in [5, 5.41) is 6.16. The molecule has 0 radical (unpaired) electrons. The predicted molar refractivity (Wildman–Crippen MR) is 114 cm³/mol. The van der Waals surface area contributed by atoms with Crippen LogP contribution >= 0.6 is 11.6 Å². The number of benzene rings is 2. The summed E-state index contributed by atoms with van der Waals surface area (Å²) >= 11 is 5.92. The monoisotopic (exact) mass is 413 g/mol. The Bertz CT molecular complexity index is 898. The van der Waals surface area contributed by atoms with Crippen LogP contribution in [-0.2, 0) is 9.59 Å². The van der Waals surface area contributed by atoms with Crippen LogP contribution in [0, 0.1) is 5.92 Å². The third-order valence-electron chi connectivity index (χ3n) is 4.86. The molecular weight excluding hydrogens is 390 g/mol. The molecule has 6 nitrogen and oxygen atoms in total. The third kappa shape index (κ3) is 5.57. The third-order valence-corrected chi connectivity index (χ3v) is 5.10. The average Bonchev–Trinajstić information content (AvgIpc) is 3.07. The number of hydrogen-bond acceptors (Lipinski definition) is 3. The molecule has 0 aliphatic carbocycles. The zero-order chi connectivity index (χ0) is 20.8. The van der Waals surface area contributed by atoms with Crippen LogP contribution in [0.2, 0.25) is 5.02 Å². The summed E-state index contributed by atoms with van der Waals surface area (Å²) in [6.45, 7) is 3.24. The van der Waals surface area contributed by atoms with E-state index in [1.54, 1.807) is 53.4 Å². The first-order valence-corrected chi connectivity index (χ1v) is 10.1. The number of rotatable bonds is 7. The van der Waals surface area contributed by atoms with Crippen molar-refractivity contribution in [1.82, 2.24) is 4.90 Å². The summed E-state index contributed by atoms with van der Waals surface area (Å²) in [6.07, 6.45) is 2.20. The van der Waals surface area contributed by atoms with E-state index in [1.807, 2.05) is 0 Å². The van der Waals surface area contributed by atoms with Gasteiger partial charge in [-0.3, -0.25) is 14.4 Å². The fourth-order valence-corrected chi connectivity index (χ4v) is 3.42. The molecule has 0 saturated carbocycles. The Kier molecular flexibility index (Phi) is 6.88. The van der Waals surface area contributed by atoms with E-state index in [2.05, 4.69) is 17.6 Å². The minimum atomic E-state index is -0.342. The highest BCUT2D eigenvalue weighted by Crippen LogP contribution is 2.21. The van der Waals surface area contributed by atoms with Crippen LogP contribution in [0.4, 0.5) is 11.4 Å². The first-order chi connectivity index (χ1) is 14.0. The van der Waals surface area contributed by atoms with Crippen LogP contribution < -0.4 is 10.6 Å². The zero-order valence-corrected chi connectivity index (χ0v) is 17.0. The first kappa shape index (κ1) is 20.9. The number of unbranched alkanes of at least 4 members (excludes halogenated alkanes) is 1. The molecule has 0 spiro atoms. The van der Waals surface area contributed by atoms with Crippen LogP contribution in [-0.4, -0.2) is 35.7 Å². The van der Waals surface area contributed by atoms with E-state index >= 15 is 0 Å². The van der Waals surface area contributed by atoms with Gasteiger partial charge in [0.25, 0.3) is 5.91 Å². The SMILES string of the molecule is CCCCN1CC(C(=O)Nc2ccc(C(=O)Nc3cccc(Cl)c3)cc2)CC1=O. The highest BCUT2D eigenvalue weighted by molar-refractivity contribution is 6.31. The van der Waals surface area contributed by atoms with Gasteiger partial charge in [-0.25, -0.2) is 0 Å². The first-order valence-electron chi connectivity index (χ1n) is 9.72. The van der Waals surface area contributed by atoms with Gasteiger partial charge in [-0.05, 0) is 48.9 Å². The summed E-state index contributed by atoms with van der Waals surface area (Å²) in [6, 6.07) is 13.5. The molecule has 152 valence electrons. The van der Waals surface area contributed by atoms with Crippen LogP contribution in [0.3, 0.4) is 0 Å². The average molecular weight is 414 g/mol. The molecule has 1 aliphatic heterocycles. The van der Waals surface area contributed by atoms with Gasteiger partial charge in [-0.2, -0.15) is 0 Å². The number of nitrogens with one attached hydrogen (secondary N) is 2. The summed E-state index contributed by atoms with van der Waals surface area (Å²) in [4.78, 5) is 38.6. The van der Waals surface area contributed by atoms with Crippen molar-refractivity contribution in [3.8, 4) is 0 Å². The van der Waals surface area contributed by atoms with Gasteiger partial charge in [0.1, 0.15) is 0 Å². The molecule has 3 rings (SSSR count). The van der Waals surface area contributed by atoms with Crippen molar-refractivity contribution in [3.05, 3.63) is 59.1 Å². The Morgan fingerprint density at radius 3 is 2.55 bits per heavy atom. The zero-order valence-electron chi connectivity index (χ0n) is 16.3.